The molecule has 0 atom stereocenters. The van der Waals surface area contributed by atoms with Crippen LogP contribution >= 0.6 is 0 Å². The normalized spacial score (nSPS) is 11.0. The van der Waals surface area contributed by atoms with Crippen molar-refractivity contribution in [1.82, 2.24) is 0 Å². The number of aliphatic hydroxyl groups excluding tert-OH is 1. The van der Waals surface area contributed by atoms with Crippen LogP contribution in [0.15, 0.2) is 30.3 Å². The van der Waals surface area contributed by atoms with Crippen molar-refractivity contribution in [3.05, 3.63) is 46.0 Å². The summed E-state index contributed by atoms with van der Waals surface area (Å²) in [5, 5.41) is 19.9. The number of non-ortho nitro benzene ring substituents is 1. The molecule has 1 aromatic rings. The first-order chi connectivity index (χ1) is 8.04. The topological polar surface area (TPSA) is 89.7 Å². The smallest absolute Gasteiger partial charge is 0.334 e. The summed E-state index contributed by atoms with van der Waals surface area (Å²) in [6.07, 6.45) is 0.921. The molecule has 0 spiro atoms. The van der Waals surface area contributed by atoms with Crippen LogP contribution in [0.3, 0.4) is 0 Å². The van der Waals surface area contributed by atoms with E-state index < -0.39 is 10.9 Å². The third-order valence-corrected chi connectivity index (χ3v) is 1.92. The molecule has 6 nitrogen and oxygen atoms in total. The number of hydrogen-bond donors (Lipinski definition) is 1. The number of ether oxygens (including phenoxy) is 1. The van der Waals surface area contributed by atoms with Gasteiger partial charge in [-0.1, -0.05) is 0 Å². The fourth-order valence-corrected chi connectivity index (χ4v) is 1.13. The summed E-state index contributed by atoms with van der Waals surface area (Å²) in [4.78, 5) is 20.9. The Bertz CT molecular complexity index is 449. The Labute approximate surface area is 97.3 Å². The molecule has 90 valence electrons. The number of nitrogens with zero attached hydrogens (tertiary/aromatic N) is 1. The molecule has 6 heteroatoms. The summed E-state index contributed by atoms with van der Waals surface area (Å²) in [7, 11) is 0. The maximum Gasteiger partial charge on any atom is 0.334 e. The van der Waals surface area contributed by atoms with E-state index in [1.807, 2.05) is 0 Å². The van der Waals surface area contributed by atoms with Gasteiger partial charge in [0.1, 0.15) is 5.76 Å². The van der Waals surface area contributed by atoms with Crippen LogP contribution < -0.4 is 0 Å². The van der Waals surface area contributed by atoms with Crippen molar-refractivity contribution in [2.75, 3.05) is 6.61 Å². The predicted octanol–water partition coefficient (Wildman–Crippen LogP) is 2.06. The van der Waals surface area contributed by atoms with E-state index in [-0.39, 0.29) is 18.1 Å². The molecular weight excluding hydrogens is 226 g/mol. The summed E-state index contributed by atoms with van der Waals surface area (Å²) in [6, 6.07) is 5.18. The molecule has 0 amide bonds. The second kappa shape index (κ2) is 5.64. The van der Waals surface area contributed by atoms with Gasteiger partial charge in [-0.2, -0.15) is 0 Å². The van der Waals surface area contributed by atoms with Crippen LogP contribution in [0.1, 0.15) is 12.5 Å². The Hall–Kier alpha value is -2.37. The van der Waals surface area contributed by atoms with Gasteiger partial charge < -0.3 is 9.84 Å². The minimum atomic E-state index is -0.664. The molecule has 0 radical (unpaired) electrons. The molecule has 0 heterocycles. The third kappa shape index (κ3) is 3.60. The minimum Gasteiger partial charge on any atom is -0.507 e. The molecule has 1 N–H and O–H groups in total. The van der Waals surface area contributed by atoms with Crippen LogP contribution in [0.4, 0.5) is 5.69 Å². The van der Waals surface area contributed by atoms with Gasteiger partial charge in [0.2, 0.25) is 0 Å². The third-order valence-electron chi connectivity index (χ3n) is 1.92. The zero-order valence-electron chi connectivity index (χ0n) is 9.12. The summed E-state index contributed by atoms with van der Waals surface area (Å²) >= 11 is 0. The second-order valence-corrected chi connectivity index (χ2v) is 3.09. The largest absolute Gasteiger partial charge is 0.507 e. The lowest BCUT2D eigenvalue weighted by molar-refractivity contribution is -0.384. The number of carbonyl (C=O) groups is 1. The number of rotatable bonds is 4. The van der Waals surface area contributed by atoms with Gasteiger partial charge in [0.25, 0.3) is 5.69 Å². The molecule has 0 aromatic heterocycles. The van der Waals surface area contributed by atoms with Gasteiger partial charge in [0, 0.05) is 17.7 Å². The maximum absolute atomic E-state index is 11.0. The van der Waals surface area contributed by atoms with Crippen molar-refractivity contribution in [3.63, 3.8) is 0 Å². The Morgan fingerprint density at radius 2 is 2.06 bits per heavy atom. The number of aliphatic hydroxyl groups is 1. The molecule has 0 aliphatic carbocycles. The van der Waals surface area contributed by atoms with Gasteiger partial charge in [0.05, 0.1) is 17.6 Å². The van der Waals surface area contributed by atoms with E-state index in [4.69, 9.17) is 0 Å². The van der Waals surface area contributed by atoms with E-state index in [1.54, 1.807) is 6.92 Å². The first-order valence-corrected chi connectivity index (χ1v) is 4.87. The fourth-order valence-electron chi connectivity index (χ4n) is 1.13. The van der Waals surface area contributed by atoms with Gasteiger partial charge >= 0.3 is 5.97 Å². The van der Waals surface area contributed by atoms with E-state index in [1.165, 1.54) is 24.3 Å². The van der Waals surface area contributed by atoms with Crippen LogP contribution in [-0.4, -0.2) is 22.6 Å². The van der Waals surface area contributed by atoms with Crippen molar-refractivity contribution in [2.45, 2.75) is 6.92 Å². The SMILES string of the molecule is CCOC(=O)/C=C(\O)c1ccc([N+](=O)[O-])cc1. The fraction of sp³-hybridized carbons (Fsp3) is 0.182. The van der Waals surface area contributed by atoms with Gasteiger partial charge in [-0.25, -0.2) is 4.79 Å². The molecule has 0 aliphatic heterocycles. The van der Waals surface area contributed by atoms with E-state index in [0.717, 1.165) is 6.08 Å². The minimum absolute atomic E-state index is 0.0855. The molecule has 1 rings (SSSR count). The predicted molar refractivity (Wildman–Crippen MR) is 60.3 cm³/mol. The van der Waals surface area contributed by atoms with Crippen LogP contribution in [0.25, 0.3) is 5.76 Å². The van der Waals surface area contributed by atoms with Gasteiger partial charge in [0.15, 0.2) is 0 Å². The number of nitro benzene ring substituents is 1. The Balaban J connectivity index is 2.86. The second-order valence-electron chi connectivity index (χ2n) is 3.09. The molecule has 17 heavy (non-hydrogen) atoms. The summed E-state index contributed by atoms with van der Waals surface area (Å²) in [6.45, 7) is 1.86. The standard InChI is InChI=1S/C11H11NO5/c1-2-17-11(14)7-10(13)8-3-5-9(6-4-8)12(15)16/h3-7,13H,2H2,1H3/b10-7-. The molecular formula is C11H11NO5. The highest BCUT2D eigenvalue weighted by molar-refractivity contribution is 5.89. The van der Waals surface area contributed by atoms with E-state index in [9.17, 15) is 20.0 Å². The highest BCUT2D eigenvalue weighted by Crippen LogP contribution is 2.16. The molecule has 0 aliphatic rings. The Kier molecular flexibility index (Phi) is 4.21. The van der Waals surface area contributed by atoms with Crippen LogP contribution in [-0.2, 0) is 9.53 Å². The average molecular weight is 237 g/mol. The first kappa shape index (κ1) is 12.7. The van der Waals surface area contributed by atoms with Gasteiger partial charge in [-0.05, 0) is 19.1 Å². The Morgan fingerprint density at radius 3 is 2.53 bits per heavy atom. The van der Waals surface area contributed by atoms with Crippen LogP contribution in [0.5, 0.6) is 0 Å². The molecule has 0 saturated heterocycles. The molecule has 0 saturated carbocycles. The lowest BCUT2D eigenvalue weighted by Crippen LogP contribution is -2.00. The van der Waals surface area contributed by atoms with E-state index >= 15 is 0 Å². The first-order valence-electron chi connectivity index (χ1n) is 4.87. The van der Waals surface area contributed by atoms with Crippen molar-refractivity contribution >= 4 is 17.4 Å². The van der Waals surface area contributed by atoms with E-state index in [2.05, 4.69) is 4.74 Å². The number of carbonyl (C=O) groups excluding carboxylic acids is 1. The lowest BCUT2D eigenvalue weighted by atomic mass is 10.1. The van der Waals surface area contributed by atoms with Crippen LogP contribution in [0, 0.1) is 10.1 Å². The summed E-state index contributed by atoms with van der Waals surface area (Å²) < 4.78 is 4.61. The van der Waals surface area contributed by atoms with Crippen molar-refractivity contribution in [2.24, 2.45) is 0 Å². The van der Waals surface area contributed by atoms with Gasteiger partial charge in [-0.3, -0.25) is 10.1 Å². The number of benzene rings is 1. The zero-order valence-corrected chi connectivity index (χ0v) is 9.12. The molecule has 0 fully saturated rings. The zero-order chi connectivity index (χ0) is 12.8. The molecule has 1 aromatic carbocycles. The molecule has 0 bridgehead atoms. The summed E-state index contributed by atoms with van der Waals surface area (Å²) in [5.41, 5.74) is 0.223. The number of esters is 1. The highest BCUT2D eigenvalue weighted by Gasteiger charge is 2.07. The lowest BCUT2D eigenvalue weighted by Gasteiger charge is -2.00. The van der Waals surface area contributed by atoms with Crippen molar-refractivity contribution in [3.8, 4) is 0 Å². The van der Waals surface area contributed by atoms with Crippen LogP contribution in [0.2, 0.25) is 0 Å². The number of nitro groups is 1. The highest BCUT2D eigenvalue weighted by atomic mass is 16.6. The monoisotopic (exact) mass is 237 g/mol. The number of hydrogen-bond acceptors (Lipinski definition) is 5. The average Bonchev–Trinajstić information content (AvgIpc) is 2.29. The maximum atomic E-state index is 11.0. The molecule has 0 unspecified atom stereocenters. The van der Waals surface area contributed by atoms with Crippen molar-refractivity contribution < 1.29 is 19.6 Å². The van der Waals surface area contributed by atoms with E-state index in [0.29, 0.717) is 5.56 Å². The van der Waals surface area contributed by atoms with Crippen molar-refractivity contribution in [1.29, 1.82) is 0 Å². The Morgan fingerprint density at radius 1 is 1.47 bits per heavy atom. The van der Waals surface area contributed by atoms with Gasteiger partial charge in [-0.15, -0.1) is 0 Å². The summed E-state index contributed by atoms with van der Waals surface area (Å²) in [5.74, 6) is -0.957. The quantitative estimate of drug-likeness (QED) is 0.284.